The molecule has 0 radical (unpaired) electrons. The largest absolute Gasteiger partial charge is 0.465 e. The van der Waals surface area contributed by atoms with Crippen molar-refractivity contribution in [3.63, 3.8) is 0 Å². The second-order valence-electron chi connectivity index (χ2n) is 4.08. The number of furan rings is 1. The predicted octanol–water partition coefficient (Wildman–Crippen LogP) is 3.02. The second kappa shape index (κ2) is 6.36. The van der Waals surface area contributed by atoms with E-state index in [1.807, 2.05) is 0 Å². The maximum Gasteiger partial charge on any atom is 0.337 e. The van der Waals surface area contributed by atoms with Gasteiger partial charge in [-0.1, -0.05) is 12.1 Å². The molecule has 0 aliphatic rings. The van der Waals surface area contributed by atoms with Crippen LogP contribution in [-0.2, 0) is 14.2 Å². The molecule has 1 aromatic heterocycles. The molecule has 0 unspecified atom stereocenters. The van der Waals surface area contributed by atoms with Crippen molar-refractivity contribution < 1.29 is 23.4 Å². The molecule has 5 nitrogen and oxygen atoms in total. The van der Waals surface area contributed by atoms with Gasteiger partial charge in [0.05, 0.1) is 24.5 Å². The number of carbonyl (C=O) groups is 1. The zero-order valence-corrected chi connectivity index (χ0v) is 11.6. The summed E-state index contributed by atoms with van der Waals surface area (Å²) in [6.45, 7) is 0. The minimum absolute atomic E-state index is 0.372. The van der Waals surface area contributed by atoms with Gasteiger partial charge >= 0.3 is 5.97 Å². The molecule has 0 N–H and O–H groups in total. The molecule has 2 aromatic rings. The Morgan fingerprint density at radius 2 is 1.70 bits per heavy atom. The van der Waals surface area contributed by atoms with Gasteiger partial charge in [0.2, 0.25) is 0 Å². The average Bonchev–Trinajstić information content (AvgIpc) is 2.97. The number of hydrogen-bond acceptors (Lipinski definition) is 5. The summed E-state index contributed by atoms with van der Waals surface area (Å²) in [5, 5.41) is 0. The Kier molecular flexibility index (Phi) is 4.55. The fourth-order valence-corrected chi connectivity index (χ4v) is 1.97. The lowest BCUT2D eigenvalue weighted by Crippen LogP contribution is -2.04. The van der Waals surface area contributed by atoms with E-state index >= 15 is 0 Å². The number of carbonyl (C=O) groups excluding carboxylic acids is 1. The van der Waals surface area contributed by atoms with Crippen LogP contribution in [0.2, 0.25) is 0 Å². The molecule has 0 saturated heterocycles. The van der Waals surface area contributed by atoms with Crippen LogP contribution in [0.4, 0.5) is 0 Å². The lowest BCUT2D eigenvalue weighted by Gasteiger charge is -2.13. The van der Waals surface area contributed by atoms with E-state index in [1.54, 1.807) is 50.8 Å². The molecule has 0 spiro atoms. The number of rotatable bonds is 5. The van der Waals surface area contributed by atoms with Gasteiger partial charge in [0, 0.05) is 19.8 Å². The average molecular weight is 276 g/mol. The monoisotopic (exact) mass is 276 g/mol. The molecule has 1 aromatic carbocycles. The van der Waals surface area contributed by atoms with Crippen LogP contribution < -0.4 is 0 Å². The molecule has 0 aliphatic heterocycles. The van der Waals surface area contributed by atoms with Crippen molar-refractivity contribution in [1.82, 2.24) is 0 Å². The normalized spacial score (nSPS) is 10.8. The van der Waals surface area contributed by atoms with Gasteiger partial charge in [-0.05, 0) is 18.2 Å². The first-order valence-electron chi connectivity index (χ1n) is 6.03. The molecule has 5 heteroatoms. The van der Waals surface area contributed by atoms with Gasteiger partial charge in [0.25, 0.3) is 0 Å². The van der Waals surface area contributed by atoms with E-state index in [2.05, 4.69) is 4.74 Å². The summed E-state index contributed by atoms with van der Waals surface area (Å²) in [6.07, 6.45) is 1.08. The van der Waals surface area contributed by atoms with Crippen LogP contribution in [0.5, 0.6) is 0 Å². The van der Waals surface area contributed by atoms with Crippen molar-refractivity contribution >= 4 is 5.97 Å². The maximum atomic E-state index is 11.4. The first kappa shape index (κ1) is 14.3. The van der Waals surface area contributed by atoms with Crippen LogP contribution in [0.3, 0.4) is 0 Å². The third-order valence-electron chi connectivity index (χ3n) is 2.95. The second-order valence-corrected chi connectivity index (χ2v) is 4.08. The van der Waals surface area contributed by atoms with E-state index in [1.165, 1.54) is 7.11 Å². The van der Waals surface area contributed by atoms with Crippen molar-refractivity contribution in [1.29, 1.82) is 0 Å². The third-order valence-corrected chi connectivity index (χ3v) is 2.95. The van der Waals surface area contributed by atoms with E-state index in [9.17, 15) is 4.79 Å². The van der Waals surface area contributed by atoms with Crippen LogP contribution in [0, 0.1) is 0 Å². The lowest BCUT2D eigenvalue weighted by molar-refractivity contribution is -0.105. The number of hydrogen-bond donors (Lipinski definition) is 0. The highest BCUT2D eigenvalue weighted by atomic mass is 16.7. The van der Waals surface area contributed by atoms with E-state index in [-0.39, 0.29) is 5.97 Å². The number of ether oxygens (including phenoxy) is 3. The van der Waals surface area contributed by atoms with Crippen LogP contribution in [0.15, 0.2) is 41.0 Å². The fraction of sp³-hybridized carbons (Fsp3) is 0.267. The topological polar surface area (TPSA) is 57.9 Å². The Morgan fingerprint density at radius 3 is 2.25 bits per heavy atom. The standard InChI is InChI=1S/C15H16O5/c1-17-14(16)11-6-4-10(5-7-11)13-12(8-9-20-13)15(18-2)19-3/h4-9,15H,1-3H3. The van der Waals surface area contributed by atoms with Crippen molar-refractivity contribution in [2.75, 3.05) is 21.3 Å². The van der Waals surface area contributed by atoms with E-state index in [0.717, 1.165) is 11.1 Å². The Morgan fingerprint density at radius 1 is 1.05 bits per heavy atom. The Labute approximate surface area is 117 Å². The number of esters is 1. The summed E-state index contributed by atoms with van der Waals surface area (Å²) in [4.78, 5) is 11.4. The summed E-state index contributed by atoms with van der Waals surface area (Å²) in [6, 6.07) is 8.74. The highest BCUT2D eigenvalue weighted by molar-refractivity contribution is 5.89. The number of benzene rings is 1. The molecule has 0 atom stereocenters. The minimum Gasteiger partial charge on any atom is -0.465 e. The van der Waals surface area contributed by atoms with Gasteiger partial charge in [0.1, 0.15) is 5.76 Å². The Balaban J connectivity index is 2.33. The molecule has 0 aliphatic carbocycles. The quantitative estimate of drug-likeness (QED) is 0.620. The summed E-state index contributed by atoms with van der Waals surface area (Å²) >= 11 is 0. The molecule has 0 fully saturated rings. The Hall–Kier alpha value is -2.11. The minimum atomic E-state index is -0.496. The lowest BCUT2D eigenvalue weighted by atomic mass is 10.1. The van der Waals surface area contributed by atoms with Crippen molar-refractivity contribution in [2.24, 2.45) is 0 Å². The van der Waals surface area contributed by atoms with Crippen LogP contribution in [0.25, 0.3) is 11.3 Å². The van der Waals surface area contributed by atoms with E-state index in [0.29, 0.717) is 11.3 Å². The number of methoxy groups -OCH3 is 3. The van der Waals surface area contributed by atoms with Crippen LogP contribution in [0.1, 0.15) is 22.2 Å². The van der Waals surface area contributed by atoms with Gasteiger partial charge < -0.3 is 18.6 Å². The smallest absolute Gasteiger partial charge is 0.337 e. The van der Waals surface area contributed by atoms with Gasteiger partial charge in [-0.15, -0.1) is 0 Å². The van der Waals surface area contributed by atoms with Crippen molar-refractivity contribution in [3.8, 4) is 11.3 Å². The zero-order chi connectivity index (χ0) is 14.5. The van der Waals surface area contributed by atoms with Gasteiger partial charge in [-0.25, -0.2) is 4.79 Å². The first-order valence-corrected chi connectivity index (χ1v) is 6.03. The van der Waals surface area contributed by atoms with Crippen LogP contribution >= 0.6 is 0 Å². The highest BCUT2D eigenvalue weighted by Crippen LogP contribution is 2.31. The molecular weight excluding hydrogens is 260 g/mol. The SMILES string of the molecule is COC(=O)c1ccc(-c2occc2C(OC)OC)cc1. The van der Waals surface area contributed by atoms with Gasteiger partial charge in [-0.2, -0.15) is 0 Å². The summed E-state index contributed by atoms with van der Waals surface area (Å²) < 4.78 is 20.6. The first-order chi connectivity index (χ1) is 9.71. The maximum absolute atomic E-state index is 11.4. The molecule has 0 saturated carbocycles. The summed E-state index contributed by atoms with van der Waals surface area (Å²) in [5.41, 5.74) is 2.11. The van der Waals surface area contributed by atoms with E-state index < -0.39 is 6.29 Å². The van der Waals surface area contributed by atoms with Gasteiger partial charge in [-0.3, -0.25) is 0 Å². The predicted molar refractivity (Wildman–Crippen MR) is 72.2 cm³/mol. The highest BCUT2D eigenvalue weighted by Gasteiger charge is 2.18. The molecule has 0 amide bonds. The Bertz CT molecular complexity index is 566. The van der Waals surface area contributed by atoms with E-state index in [4.69, 9.17) is 13.9 Å². The van der Waals surface area contributed by atoms with Crippen molar-refractivity contribution in [3.05, 3.63) is 47.7 Å². The fourth-order valence-electron chi connectivity index (χ4n) is 1.97. The summed E-state index contributed by atoms with van der Waals surface area (Å²) in [5.74, 6) is 0.276. The molecular formula is C15H16O5. The van der Waals surface area contributed by atoms with Crippen molar-refractivity contribution in [2.45, 2.75) is 6.29 Å². The molecule has 20 heavy (non-hydrogen) atoms. The summed E-state index contributed by atoms with van der Waals surface area (Å²) in [7, 11) is 4.47. The van der Waals surface area contributed by atoms with Crippen LogP contribution in [-0.4, -0.2) is 27.3 Å². The molecule has 106 valence electrons. The zero-order valence-electron chi connectivity index (χ0n) is 11.6. The molecule has 1 heterocycles. The third kappa shape index (κ3) is 2.74. The van der Waals surface area contributed by atoms with Gasteiger partial charge in [0.15, 0.2) is 6.29 Å². The molecule has 2 rings (SSSR count). The molecule has 0 bridgehead atoms.